The quantitative estimate of drug-likeness (QED) is 0.132. The number of ether oxygens (including phenoxy) is 3. The first-order chi connectivity index (χ1) is 16.0. The number of hydrogen-bond acceptors (Lipinski definition) is 5. The summed E-state index contributed by atoms with van der Waals surface area (Å²) in [4.78, 5) is 0. The molecule has 0 saturated heterocycles. The van der Waals surface area contributed by atoms with Crippen molar-refractivity contribution in [3.05, 3.63) is 0 Å². The molecule has 0 aliphatic heterocycles. The van der Waals surface area contributed by atoms with Gasteiger partial charge >= 0.3 is 0 Å². The van der Waals surface area contributed by atoms with Crippen LogP contribution in [-0.2, 0) is 14.2 Å². The molecule has 0 aliphatic rings. The van der Waals surface area contributed by atoms with E-state index in [0.717, 1.165) is 89.9 Å². The highest BCUT2D eigenvalue weighted by molar-refractivity contribution is 4.98. The van der Waals surface area contributed by atoms with Gasteiger partial charge in [-0.25, -0.2) is 0 Å². The lowest BCUT2D eigenvalue weighted by molar-refractivity contribution is -0.167. The van der Waals surface area contributed by atoms with E-state index < -0.39 is 0 Å². The monoisotopic (exact) mass is 466 g/mol. The minimum atomic E-state index is -0.242. The van der Waals surface area contributed by atoms with E-state index in [1.165, 1.54) is 0 Å². The van der Waals surface area contributed by atoms with Gasteiger partial charge in [-0.2, -0.15) is 0 Å². The molecule has 192 valence electrons. The van der Waals surface area contributed by atoms with Crippen molar-refractivity contribution in [2.75, 3.05) is 13.6 Å². The number of aliphatic hydroxyl groups is 2. The maximum absolute atomic E-state index is 9.43. The molecule has 5 nitrogen and oxygen atoms in total. The molecule has 0 aromatic rings. The zero-order valence-corrected chi connectivity index (χ0v) is 21.7. The van der Waals surface area contributed by atoms with Crippen LogP contribution >= 0.6 is 0 Å². The van der Waals surface area contributed by atoms with Crippen LogP contribution in [0.3, 0.4) is 0 Å². The van der Waals surface area contributed by atoms with Gasteiger partial charge in [0, 0.05) is 25.7 Å². The summed E-state index contributed by atoms with van der Waals surface area (Å²) in [5, 5.41) is 18.9. The Morgan fingerprint density at radius 2 is 0.970 bits per heavy atom. The van der Waals surface area contributed by atoms with Crippen LogP contribution in [0.25, 0.3) is 0 Å². The second-order valence-electron chi connectivity index (χ2n) is 8.78. The Bertz CT molecular complexity index is 490. The third kappa shape index (κ3) is 23.9. The minimum absolute atomic E-state index is 0.116. The molecule has 0 fully saturated rings. The van der Waals surface area contributed by atoms with Crippen molar-refractivity contribution in [2.24, 2.45) is 0 Å². The molecule has 0 aromatic carbocycles. The Morgan fingerprint density at radius 1 is 0.576 bits per heavy atom. The van der Waals surface area contributed by atoms with E-state index in [1.54, 1.807) is 0 Å². The molecule has 0 aliphatic carbocycles. The van der Waals surface area contributed by atoms with E-state index in [0.29, 0.717) is 0 Å². The lowest BCUT2D eigenvalue weighted by Gasteiger charge is -2.19. The summed E-state index contributed by atoms with van der Waals surface area (Å²) in [5.74, 6) is 12.6. The van der Waals surface area contributed by atoms with Crippen LogP contribution in [-0.4, -0.2) is 48.2 Å². The Labute approximate surface area is 204 Å². The van der Waals surface area contributed by atoms with E-state index in [-0.39, 0.29) is 38.0 Å². The van der Waals surface area contributed by atoms with E-state index >= 15 is 0 Å². The predicted octanol–water partition coefficient (Wildman–Crippen LogP) is 5.96. The van der Waals surface area contributed by atoms with Gasteiger partial charge in [0.1, 0.15) is 13.6 Å². The van der Waals surface area contributed by atoms with E-state index in [4.69, 9.17) is 14.2 Å². The third-order valence-electron chi connectivity index (χ3n) is 5.36. The van der Waals surface area contributed by atoms with Crippen molar-refractivity contribution in [1.82, 2.24) is 0 Å². The average molecular weight is 467 g/mol. The molecule has 4 unspecified atom stereocenters. The van der Waals surface area contributed by atoms with Crippen molar-refractivity contribution in [3.8, 4) is 23.7 Å². The average Bonchev–Trinajstić information content (AvgIpc) is 2.78. The Kier molecular flexibility index (Phi) is 23.3. The van der Waals surface area contributed by atoms with Gasteiger partial charge in [-0.15, -0.1) is 23.7 Å². The third-order valence-corrected chi connectivity index (χ3v) is 5.36. The fraction of sp³-hybridized carbons (Fsp3) is 0.857. The van der Waals surface area contributed by atoms with Crippen molar-refractivity contribution >= 4 is 0 Å². The number of rotatable bonds is 20. The van der Waals surface area contributed by atoms with Gasteiger partial charge in [-0.05, 0) is 52.4 Å². The molecule has 5 heteroatoms. The molecule has 0 heterocycles. The highest BCUT2D eigenvalue weighted by Crippen LogP contribution is 2.15. The maximum atomic E-state index is 9.43. The van der Waals surface area contributed by atoms with Gasteiger partial charge in [0.15, 0.2) is 0 Å². The van der Waals surface area contributed by atoms with Gasteiger partial charge in [0.25, 0.3) is 0 Å². The highest BCUT2D eigenvalue weighted by atomic mass is 16.7. The molecule has 4 atom stereocenters. The van der Waals surface area contributed by atoms with Crippen LogP contribution in [0, 0.1) is 23.7 Å². The first-order valence-corrected chi connectivity index (χ1v) is 13.1. The smallest absolute Gasteiger partial charge is 0.149 e. The Hall–Kier alpha value is -1.08. The molecule has 2 N–H and O–H groups in total. The maximum Gasteiger partial charge on any atom is 0.149 e. The molecule has 0 spiro atoms. The molecule has 0 radical (unpaired) electrons. The van der Waals surface area contributed by atoms with Crippen molar-refractivity contribution < 1.29 is 24.4 Å². The van der Waals surface area contributed by atoms with E-state index in [1.807, 2.05) is 13.8 Å². The van der Waals surface area contributed by atoms with Gasteiger partial charge in [0.05, 0.1) is 24.4 Å². The zero-order chi connectivity index (χ0) is 24.6. The Morgan fingerprint density at radius 3 is 1.33 bits per heavy atom. The van der Waals surface area contributed by atoms with Crippen molar-refractivity contribution in [3.63, 3.8) is 0 Å². The van der Waals surface area contributed by atoms with Gasteiger partial charge in [0.2, 0.25) is 0 Å². The Balaban J connectivity index is 4.31. The van der Waals surface area contributed by atoms with Crippen LogP contribution in [0.5, 0.6) is 0 Å². The first-order valence-electron chi connectivity index (χ1n) is 13.1. The van der Waals surface area contributed by atoms with Gasteiger partial charge in [-0.3, -0.25) is 0 Å². The molecule has 33 heavy (non-hydrogen) atoms. The van der Waals surface area contributed by atoms with Crippen LogP contribution in [0.1, 0.15) is 118 Å². The first kappa shape index (κ1) is 31.9. The molecule has 0 amide bonds. The fourth-order valence-corrected chi connectivity index (χ4v) is 3.46. The highest BCUT2D eigenvalue weighted by Gasteiger charge is 2.11. The van der Waals surface area contributed by atoms with Gasteiger partial charge in [-0.1, -0.05) is 39.5 Å². The van der Waals surface area contributed by atoms with Crippen molar-refractivity contribution in [1.29, 1.82) is 0 Å². The fourth-order valence-electron chi connectivity index (χ4n) is 3.46. The normalized spacial score (nSPS) is 14.5. The molecule has 0 rings (SSSR count). The molecular weight excluding hydrogens is 416 g/mol. The van der Waals surface area contributed by atoms with Crippen LogP contribution in [0.2, 0.25) is 0 Å². The lowest BCUT2D eigenvalue weighted by Crippen LogP contribution is -2.19. The van der Waals surface area contributed by atoms with Crippen LogP contribution < -0.4 is 0 Å². The van der Waals surface area contributed by atoms with Gasteiger partial charge < -0.3 is 24.4 Å². The standard InChI is InChI=1S/C28H50O5/c1-5-7-9-11-19-27(21-15-13-17-25(3)29)32-23-31-24-33-28(20-12-10-8-6-2)22-16-14-18-26(4)30/h25-30H,5-6,11-24H2,1-4H3. The summed E-state index contributed by atoms with van der Waals surface area (Å²) >= 11 is 0. The second-order valence-corrected chi connectivity index (χ2v) is 8.78. The molecule has 0 aromatic heterocycles. The van der Waals surface area contributed by atoms with E-state index in [2.05, 4.69) is 37.5 Å². The zero-order valence-electron chi connectivity index (χ0n) is 21.7. The summed E-state index contributed by atoms with van der Waals surface area (Å²) in [7, 11) is 0. The molecular formula is C28H50O5. The number of hydrogen-bond donors (Lipinski definition) is 2. The predicted molar refractivity (Wildman–Crippen MR) is 135 cm³/mol. The molecule has 0 bridgehead atoms. The summed E-state index contributed by atoms with van der Waals surface area (Å²) in [6.45, 7) is 8.21. The van der Waals surface area contributed by atoms with Crippen molar-refractivity contribution in [2.45, 2.75) is 142 Å². The SMILES string of the molecule is CCC#CCCC(CCCCC(C)O)OCOCOC(CCC#CCC)CCCCC(C)O. The summed E-state index contributed by atoms with van der Waals surface area (Å²) in [6, 6.07) is 0. The largest absolute Gasteiger partial charge is 0.393 e. The molecule has 0 saturated carbocycles. The summed E-state index contributed by atoms with van der Waals surface area (Å²) in [5.41, 5.74) is 0. The topological polar surface area (TPSA) is 68.2 Å². The minimum Gasteiger partial charge on any atom is -0.393 e. The summed E-state index contributed by atoms with van der Waals surface area (Å²) < 4.78 is 17.6. The van der Waals surface area contributed by atoms with Crippen LogP contribution in [0.4, 0.5) is 0 Å². The lowest BCUT2D eigenvalue weighted by atomic mass is 10.0. The summed E-state index contributed by atoms with van der Waals surface area (Å²) in [6.07, 6.45) is 12.6. The second kappa shape index (κ2) is 24.1. The van der Waals surface area contributed by atoms with E-state index in [9.17, 15) is 10.2 Å². The van der Waals surface area contributed by atoms with Crippen LogP contribution in [0.15, 0.2) is 0 Å². The number of aliphatic hydroxyl groups excluding tert-OH is 2. The number of unbranched alkanes of at least 4 members (excludes halogenated alkanes) is 2.